The largest absolute Gasteiger partial charge is 0.459 e. The molecular formula is C26H36N2O3. The molecule has 0 bridgehead atoms. The number of benzene rings is 1. The van der Waals surface area contributed by atoms with Crippen molar-refractivity contribution in [3.05, 3.63) is 47.8 Å². The Hall–Kier alpha value is -2.27. The highest BCUT2D eigenvalue weighted by Crippen LogP contribution is 2.25. The molecule has 1 fully saturated rings. The smallest absolute Gasteiger partial charge is 0.338 e. The molecule has 0 unspecified atom stereocenters. The minimum atomic E-state index is -0.255. The minimum absolute atomic E-state index is 0.0124. The SMILES string of the molecule is CCCCCCO[C@H]1CC[C@H](OC(=O)c2ccc(-c3ncc(CCC)cn3)cc2)CC1. The molecular weight excluding hydrogens is 388 g/mol. The third kappa shape index (κ3) is 7.42. The lowest BCUT2D eigenvalue weighted by Gasteiger charge is -2.28. The highest BCUT2D eigenvalue weighted by Gasteiger charge is 2.24. The lowest BCUT2D eigenvalue weighted by atomic mass is 9.95. The van der Waals surface area contributed by atoms with Gasteiger partial charge in [-0.1, -0.05) is 51.7 Å². The second-order valence-electron chi connectivity index (χ2n) is 8.48. The number of rotatable bonds is 11. The normalized spacial score (nSPS) is 18.6. The van der Waals surface area contributed by atoms with Crippen LogP contribution in [0.5, 0.6) is 0 Å². The fourth-order valence-corrected chi connectivity index (χ4v) is 3.99. The molecule has 0 aliphatic heterocycles. The van der Waals surface area contributed by atoms with E-state index in [1.165, 1.54) is 19.3 Å². The van der Waals surface area contributed by atoms with Crippen molar-refractivity contribution >= 4 is 5.97 Å². The molecule has 5 heteroatoms. The first kappa shape index (κ1) is 23.4. The molecule has 31 heavy (non-hydrogen) atoms. The van der Waals surface area contributed by atoms with Gasteiger partial charge in [0.15, 0.2) is 5.82 Å². The van der Waals surface area contributed by atoms with Gasteiger partial charge in [-0.05, 0) is 56.2 Å². The first-order valence-corrected chi connectivity index (χ1v) is 11.9. The average Bonchev–Trinajstić information content (AvgIpc) is 2.81. The fourth-order valence-electron chi connectivity index (χ4n) is 3.99. The molecule has 1 aliphatic carbocycles. The van der Waals surface area contributed by atoms with Gasteiger partial charge in [-0.2, -0.15) is 0 Å². The molecule has 1 heterocycles. The summed E-state index contributed by atoms with van der Waals surface area (Å²) in [6, 6.07) is 7.36. The van der Waals surface area contributed by atoms with Gasteiger partial charge in [0, 0.05) is 24.6 Å². The maximum atomic E-state index is 12.5. The van der Waals surface area contributed by atoms with E-state index in [-0.39, 0.29) is 12.1 Å². The van der Waals surface area contributed by atoms with Crippen molar-refractivity contribution in [3.63, 3.8) is 0 Å². The predicted octanol–water partition coefficient (Wildman–Crippen LogP) is 6.16. The second-order valence-corrected chi connectivity index (χ2v) is 8.48. The van der Waals surface area contributed by atoms with Gasteiger partial charge in [-0.25, -0.2) is 14.8 Å². The summed E-state index contributed by atoms with van der Waals surface area (Å²) in [6.45, 7) is 5.21. The van der Waals surface area contributed by atoms with Gasteiger partial charge in [0.05, 0.1) is 11.7 Å². The van der Waals surface area contributed by atoms with Crippen LogP contribution in [0, 0.1) is 0 Å². The Bertz CT molecular complexity index is 781. The zero-order chi connectivity index (χ0) is 21.9. The number of hydrogen-bond donors (Lipinski definition) is 0. The number of aryl methyl sites for hydroxylation is 1. The molecule has 1 aromatic heterocycles. The molecule has 168 valence electrons. The van der Waals surface area contributed by atoms with Crippen LogP contribution in [-0.2, 0) is 15.9 Å². The molecule has 3 rings (SSSR count). The van der Waals surface area contributed by atoms with Crippen molar-refractivity contribution < 1.29 is 14.3 Å². The second kappa shape index (κ2) is 12.6. The van der Waals surface area contributed by atoms with Crippen LogP contribution >= 0.6 is 0 Å². The summed E-state index contributed by atoms with van der Waals surface area (Å²) >= 11 is 0. The van der Waals surface area contributed by atoms with Crippen molar-refractivity contribution in [2.75, 3.05) is 6.61 Å². The Kier molecular flexibility index (Phi) is 9.47. The number of nitrogens with zero attached hydrogens (tertiary/aromatic N) is 2. The fraction of sp³-hybridized carbons (Fsp3) is 0.577. The maximum absolute atomic E-state index is 12.5. The van der Waals surface area contributed by atoms with Crippen LogP contribution in [-0.4, -0.2) is 34.8 Å². The zero-order valence-electron chi connectivity index (χ0n) is 19.0. The molecule has 1 aromatic carbocycles. The summed E-state index contributed by atoms with van der Waals surface area (Å²) in [5.41, 5.74) is 2.61. The number of carbonyl (C=O) groups excluding carboxylic acids is 1. The van der Waals surface area contributed by atoms with Crippen LogP contribution in [0.15, 0.2) is 36.7 Å². The van der Waals surface area contributed by atoms with E-state index < -0.39 is 0 Å². The quantitative estimate of drug-likeness (QED) is 0.319. The summed E-state index contributed by atoms with van der Waals surface area (Å²) in [5.74, 6) is 0.419. The molecule has 1 aliphatic rings. The number of ether oxygens (including phenoxy) is 2. The van der Waals surface area contributed by atoms with E-state index in [1.54, 1.807) is 12.1 Å². The predicted molar refractivity (Wildman–Crippen MR) is 123 cm³/mol. The van der Waals surface area contributed by atoms with Crippen molar-refractivity contribution in [2.45, 2.75) is 90.3 Å². The van der Waals surface area contributed by atoms with Crippen molar-refractivity contribution in [1.82, 2.24) is 9.97 Å². The van der Waals surface area contributed by atoms with Gasteiger partial charge in [-0.3, -0.25) is 0 Å². The third-order valence-electron chi connectivity index (χ3n) is 5.87. The lowest BCUT2D eigenvalue weighted by Crippen LogP contribution is -2.28. The van der Waals surface area contributed by atoms with Gasteiger partial charge in [0.25, 0.3) is 0 Å². The van der Waals surface area contributed by atoms with E-state index in [0.717, 1.165) is 62.7 Å². The van der Waals surface area contributed by atoms with Crippen molar-refractivity contribution in [2.24, 2.45) is 0 Å². The summed E-state index contributed by atoms with van der Waals surface area (Å²) in [4.78, 5) is 21.4. The number of unbranched alkanes of at least 4 members (excludes halogenated alkanes) is 3. The Morgan fingerprint density at radius 1 is 0.903 bits per heavy atom. The summed E-state index contributed by atoms with van der Waals surface area (Å²) in [5, 5.41) is 0. The van der Waals surface area contributed by atoms with Gasteiger partial charge in [0.1, 0.15) is 6.10 Å². The number of hydrogen-bond acceptors (Lipinski definition) is 5. The summed E-state index contributed by atoms with van der Waals surface area (Å²) in [7, 11) is 0. The molecule has 0 saturated heterocycles. The van der Waals surface area contributed by atoms with E-state index in [9.17, 15) is 4.79 Å². The molecule has 0 N–H and O–H groups in total. The average molecular weight is 425 g/mol. The monoisotopic (exact) mass is 424 g/mol. The Morgan fingerprint density at radius 3 is 2.23 bits per heavy atom. The zero-order valence-corrected chi connectivity index (χ0v) is 19.0. The number of aromatic nitrogens is 2. The Morgan fingerprint density at radius 2 is 1.58 bits per heavy atom. The van der Waals surface area contributed by atoms with Crippen LogP contribution in [0.1, 0.15) is 87.6 Å². The van der Waals surface area contributed by atoms with E-state index in [4.69, 9.17) is 9.47 Å². The third-order valence-corrected chi connectivity index (χ3v) is 5.87. The van der Waals surface area contributed by atoms with Gasteiger partial charge in [-0.15, -0.1) is 0 Å². The van der Waals surface area contributed by atoms with Gasteiger partial charge < -0.3 is 9.47 Å². The van der Waals surface area contributed by atoms with Crippen LogP contribution in [0.4, 0.5) is 0 Å². The van der Waals surface area contributed by atoms with Crippen LogP contribution in [0.25, 0.3) is 11.4 Å². The summed E-state index contributed by atoms with van der Waals surface area (Å²) in [6.07, 6.45) is 14.7. The molecule has 2 aromatic rings. The van der Waals surface area contributed by atoms with Crippen LogP contribution < -0.4 is 0 Å². The molecule has 1 saturated carbocycles. The molecule has 0 spiro atoms. The maximum Gasteiger partial charge on any atom is 0.338 e. The molecule has 0 amide bonds. The van der Waals surface area contributed by atoms with E-state index >= 15 is 0 Å². The summed E-state index contributed by atoms with van der Waals surface area (Å²) < 4.78 is 11.7. The van der Waals surface area contributed by atoms with Crippen LogP contribution in [0.2, 0.25) is 0 Å². The first-order valence-electron chi connectivity index (χ1n) is 11.9. The van der Waals surface area contributed by atoms with Gasteiger partial charge in [0.2, 0.25) is 0 Å². The van der Waals surface area contributed by atoms with Crippen LogP contribution in [0.3, 0.4) is 0 Å². The molecule has 0 atom stereocenters. The highest BCUT2D eigenvalue weighted by atomic mass is 16.5. The topological polar surface area (TPSA) is 61.3 Å². The molecule has 5 nitrogen and oxygen atoms in total. The van der Waals surface area contributed by atoms with E-state index in [1.807, 2.05) is 24.5 Å². The van der Waals surface area contributed by atoms with Crippen molar-refractivity contribution in [3.8, 4) is 11.4 Å². The lowest BCUT2D eigenvalue weighted by molar-refractivity contribution is -0.0204. The molecule has 0 radical (unpaired) electrons. The number of esters is 1. The highest BCUT2D eigenvalue weighted by molar-refractivity contribution is 5.90. The first-order chi connectivity index (χ1) is 15.2. The van der Waals surface area contributed by atoms with E-state index in [0.29, 0.717) is 17.5 Å². The van der Waals surface area contributed by atoms with Gasteiger partial charge >= 0.3 is 5.97 Å². The standard InChI is InChI=1S/C26H36N2O3/c1-3-5-6-7-17-30-23-13-15-24(16-14-23)31-26(29)22-11-9-21(10-12-22)25-27-18-20(8-4-2)19-28-25/h9-12,18-19,23-24H,3-8,13-17H2,1-2H3/t23-,24-. The Balaban J connectivity index is 1.43. The minimum Gasteiger partial charge on any atom is -0.459 e. The Labute approximate surface area is 186 Å². The van der Waals surface area contributed by atoms with E-state index in [2.05, 4.69) is 23.8 Å². The number of carbonyl (C=O) groups is 1. The van der Waals surface area contributed by atoms with Crippen molar-refractivity contribution in [1.29, 1.82) is 0 Å².